The number of anilines is 1. The lowest BCUT2D eigenvalue weighted by Gasteiger charge is -2.08. The third-order valence-corrected chi connectivity index (χ3v) is 4.55. The van der Waals surface area contributed by atoms with Crippen LogP contribution in [0.2, 0.25) is 15.1 Å². The van der Waals surface area contributed by atoms with Crippen molar-refractivity contribution >= 4 is 57.4 Å². The van der Waals surface area contributed by atoms with E-state index >= 15 is 0 Å². The van der Waals surface area contributed by atoms with Crippen LogP contribution in [-0.2, 0) is 0 Å². The first-order valence-corrected chi connectivity index (χ1v) is 8.61. The molecule has 0 unspecified atom stereocenters. The average Bonchev–Trinajstić information content (AvgIpc) is 3.19. The monoisotopic (exact) mass is 405 g/mol. The smallest absolute Gasteiger partial charge is 0.258 e. The summed E-state index contributed by atoms with van der Waals surface area (Å²) in [5, 5.41) is 10.3. The number of nitrogens with zero attached hydrogens (tertiary/aromatic N) is 2. The van der Waals surface area contributed by atoms with E-state index in [0.29, 0.717) is 22.2 Å². The average molecular weight is 407 g/mol. The van der Waals surface area contributed by atoms with Gasteiger partial charge in [0.05, 0.1) is 32.3 Å². The molecule has 6 nitrogen and oxygen atoms in total. The van der Waals surface area contributed by atoms with Crippen LogP contribution in [0, 0.1) is 0 Å². The lowest BCUT2D eigenvalue weighted by atomic mass is 10.2. The predicted octanol–water partition coefficient (Wildman–Crippen LogP) is 5.17. The van der Waals surface area contributed by atoms with Crippen molar-refractivity contribution in [3.05, 3.63) is 63.2 Å². The van der Waals surface area contributed by atoms with Crippen LogP contribution in [0.5, 0.6) is 0 Å². The SMILES string of the molecule is O=C(Nc1c[nH]nc1-c1nc2ccccc2[nH]1)c1c(Cl)cc(Cl)cc1Cl. The molecule has 0 atom stereocenters. The van der Waals surface area contributed by atoms with E-state index in [2.05, 4.69) is 25.5 Å². The van der Waals surface area contributed by atoms with E-state index < -0.39 is 5.91 Å². The minimum Gasteiger partial charge on any atom is -0.337 e. The summed E-state index contributed by atoms with van der Waals surface area (Å²) in [4.78, 5) is 20.3. The first kappa shape index (κ1) is 16.9. The molecule has 0 radical (unpaired) electrons. The second-order valence-electron chi connectivity index (χ2n) is 5.45. The molecule has 0 saturated carbocycles. The van der Waals surface area contributed by atoms with Crippen LogP contribution in [0.15, 0.2) is 42.6 Å². The van der Waals surface area contributed by atoms with Gasteiger partial charge in [-0.1, -0.05) is 46.9 Å². The van der Waals surface area contributed by atoms with Gasteiger partial charge >= 0.3 is 0 Å². The van der Waals surface area contributed by atoms with Gasteiger partial charge in [0, 0.05) is 11.2 Å². The van der Waals surface area contributed by atoms with Gasteiger partial charge in [-0.05, 0) is 24.3 Å². The Morgan fingerprint density at radius 1 is 1.08 bits per heavy atom. The number of amides is 1. The number of carbonyl (C=O) groups excluding carboxylic acids is 1. The maximum atomic E-state index is 12.6. The number of benzene rings is 2. The number of hydrogen-bond acceptors (Lipinski definition) is 3. The number of fused-ring (bicyclic) bond motifs is 1. The summed E-state index contributed by atoms with van der Waals surface area (Å²) in [5.74, 6) is 0.0477. The fourth-order valence-electron chi connectivity index (χ4n) is 2.57. The van der Waals surface area contributed by atoms with Crippen LogP contribution < -0.4 is 5.32 Å². The Balaban J connectivity index is 1.68. The molecule has 0 saturated heterocycles. The molecule has 2 aromatic carbocycles. The number of H-pyrrole nitrogens is 2. The quantitative estimate of drug-likeness (QED) is 0.439. The fraction of sp³-hybridized carbons (Fsp3) is 0. The molecule has 2 heterocycles. The molecule has 4 aromatic rings. The van der Waals surface area contributed by atoms with Crippen molar-refractivity contribution in [3.8, 4) is 11.5 Å². The number of hydrogen-bond donors (Lipinski definition) is 3. The largest absolute Gasteiger partial charge is 0.337 e. The first-order chi connectivity index (χ1) is 12.5. The number of halogens is 3. The Bertz CT molecular complexity index is 1080. The van der Waals surface area contributed by atoms with E-state index in [1.807, 2.05) is 24.3 Å². The van der Waals surface area contributed by atoms with Gasteiger partial charge in [0.1, 0.15) is 0 Å². The standard InChI is InChI=1S/C17H10Cl3N5O/c18-8-5-9(19)14(10(20)6-8)17(26)24-13-7-21-25-15(13)16-22-11-3-1-2-4-12(11)23-16/h1-7H,(H,21,25)(H,22,23)(H,24,26). The maximum Gasteiger partial charge on any atom is 0.258 e. The minimum absolute atomic E-state index is 0.134. The number of carbonyl (C=O) groups is 1. The Kier molecular flexibility index (Phi) is 4.32. The predicted molar refractivity (Wildman–Crippen MR) is 103 cm³/mol. The second kappa shape index (κ2) is 6.64. The van der Waals surface area contributed by atoms with Gasteiger partial charge in [-0.15, -0.1) is 0 Å². The Labute approximate surface area is 162 Å². The normalized spacial score (nSPS) is 11.0. The molecule has 130 valence electrons. The van der Waals surface area contributed by atoms with Crippen molar-refractivity contribution in [2.24, 2.45) is 0 Å². The summed E-state index contributed by atoms with van der Waals surface area (Å²) < 4.78 is 0. The van der Waals surface area contributed by atoms with E-state index in [4.69, 9.17) is 34.8 Å². The second-order valence-corrected chi connectivity index (χ2v) is 6.70. The zero-order valence-electron chi connectivity index (χ0n) is 13.0. The molecule has 0 aliphatic heterocycles. The third kappa shape index (κ3) is 3.03. The summed E-state index contributed by atoms with van der Waals surface area (Å²) in [7, 11) is 0. The summed E-state index contributed by atoms with van der Waals surface area (Å²) in [6, 6.07) is 10.5. The summed E-state index contributed by atoms with van der Waals surface area (Å²) >= 11 is 18.1. The van der Waals surface area contributed by atoms with Crippen molar-refractivity contribution in [2.45, 2.75) is 0 Å². The van der Waals surface area contributed by atoms with Crippen molar-refractivity contribution in [2.75, 3.05) is 5.32 Å². The Morgan fingerprint density at radius 2 is 1.81 bits per heavy atom. The van der Waals surface area contributed by atoms with Crippen LogP contribution in [-0.4, -0.2) is 26.1 Å². The van der Waals surface area contributed by atoms with Crippen molar-refractivity contribution in [1.82, 2.24) is 20.2 Å². The highest BCUT2D eigenvalue weighted by Gasteiger charge is 2.20. The fourth-order valence-corrected chi connectivity index (χ4v) is 3.56. The molecule has 2 aromatic heterocycles. The van der Waals surface area contributed by atoms with Crippen LogP contribution in [0.1, 0.15) is 10.4 Å². The minimum atomic E-state index is -0.476. The van der Waals surface area contributed by atoms with Gasteiger partial charge in [-0.3, -0.25) is 9.89 Å². The molecular formula is C17H10Cl3N5O. The molecule has 0 spiro atoms. The van der Waals surface area contributed by atoms with Crippen molar-refractivity contribution < 1.29 is 4.79 Å². The number of aromatic amines is 2. The molecule has 0 aliphatic rings. The molecule has 9 heteroatoms. The van der Waals surface area contributed by atoms with Crippen molar-refractivity contribution in [1.29, 1.82) is 0 Å². The Morgan fingerprint density at radius 3 is 2.54 bits per heavy atom. The van der Waals surface area contributed by atoms with Gasteiger partial charge in [0.2, 0.25) is 0 Å². The van der Waals surface area contributed by atoms with Crippen molar-refractivity contribution in [3.63, 3.8) is 0 Å². The zero-order valence-corrected chi connectivity index (χ0v) is 15.2. The van der Waals surface area contributed by atoms with E-state index in [1.165, 1.54) is 12.1 Å². The molecular weight excluding hydrogens is 397 g/mol. The van der Waals surface area contributed by atoms with Crippen LogP contribution >= 0.6 is 34.8 Å². The van der Waals surface area contributed by atoms with Gasteiger partial charge < -0.3 is 10.3 Å². The van der Waals surface area contributed by atoms with Gasteiger partial charge in [0.15, 0.2) is 11.5 Å². The number of rotatable bonds is 3. The molecule has 26 heavy (non-hydrogen) atoms. The molecule has 1 amide bonds. The number of para-hydroxylation sites is 2. The lowest BCUT2D eigenvalue weighted by molar-refractivity contribution is 0.102. The van der Waals surface area contributed by atoms with Crippen LogP contribution in [0.25, 0.3) is 22.6 Å². The number of imidazole rings is 1. The van der Waals surface area contributed by atoms with Gasteiger partial charge in [-0.2, -0.15) is 5.10 Å². The summed E-state index contributed by atoms with van der Waals surface area (Å²) in [5.41, 5.74) is 2.71. The van der Waals surface area contributed by atoms with Crippen LogP contribution in [0.4, 0.5) is 5.69 Å². The molecule has 4 rings (SSSR count). The zero-order chi connectivity index (χ0) is 18.3. The van der Waals surface area contributed by atoms with Gasteiger partial charge in [-0.25, -0.2) is 4.98 Å². The van der Waals surface area contributed by atoms with Crippen LogP contribution in [0.3, 0.4) is 0 Å². The Hall–Kier alpha value is -2.54. The highest BCUT2D eigenvalue weighted by molar-refractivity contribution is 6.42. The summed E-state index contributed by atoms with van der Waals surface area (Å²) in [6.45, 7) is 0. The lowest BCUT2D eigenvalue weighted by Crippen LogP contribution is -2.13. The topological polar surface area (TPSA) is 86.5 Å². The molecule has 3 N–H and O–H groups in total. The summed E-state index contributed by atoms with van der Waals surface area (Å²) in [6.07, 6.45) is 1.55. The van der Waals surface area contributed by atoms with E-state index in [-0.39, 0.29) is 15.6 Å². The van der Waals surface area contributed by atoms with Gasteiger partial charge in [0.25, 0.3) is 5.91 Å². The van der Waals surface area contributed by atoms with E-state index in [1.54, 1.807) is 6.20 Å². The van der Waals surface area contributed by atoms with E-state index in [9.17, 15) is 4.79 Å². The number of nitrogens with one attached hydrogen (secondary N) is 3. The molecule has 0 bridgehead atoms. The van der Waals surface area contributed by atoms with E-state index in [0.717, 1.165) is 11.0 Å². The highest BCUT2D eigenvalue weighted by Crippen LogP contribution is 2.31. The highest BCUT2D eigenvalue weighted by atomic mass is 35.5. The number of aromatic nitrogens is 4. The maximum absolute atomic E-state index is 12.6. The molecule has 0 aliphatic carbocycles. The molecule has 0 fully saturated rings. The third-order valence-electron chi connectivity index (χ3n) is 3.74. The first-order valence-electron chi connectivity index (χ1n) is 7.47.